The number of amides is 1. The monoisotopic (exact) mass is 160 g/mol. The van der Waals surface area contributed by atoms with E-state index in [4.69, 9.17) is 9.84 Å². The van der Waals surface area contributed by atoms with Crippen LogP contribution >= 0.6 is 0 Å². The minimum absolute atomic E-state index is 0.0360. The van der Waals surface area contributed by atoms with Crippen LogP contribution in [0.15, 0.2) is 0 Å². The quantitative estimate of drug-likeness (QED) is 0.496. The van der Waals surface area contributed by atoms with Gasteiger partial charge in [0.1, 0.15) is 0 Å². The van der Waals surface area contributed by atoms with E-state index in [9.17, 15) is 4.79 Å². The molecule has 0 radical (unpaired) electrons. The van der Waals surface area contributed by atoms with Gasteiger partial charge in [-0.1, -0.05) is 0 Å². The van der Waals surface area contributed by atoms with E-state index in [2.05, 4.69) is 10.6 Å². The Labute approximate surface area is 64.7 Å². The summed E-state index contributed by atoms with van der Waals surface area (Å²) < 4.78 is 5.04. The normalized spacial score (nSPS) is 30.3. The number of ether oxygens (including phenoxy) is 1. The molecule has 0 aromatic carbocycles. The molecule has 0 aromatic heterocycles. The van der Waals surface area contributed by atoms with Crippen molar-refractivity contribution in [3.63, 3.8) is 0 Å². The van der Waals surface area contributed by atoms with Gasteiger partial charge in [0.2, 0.25) is 0 Å². The molecule has 1 aliphatic rings. The maximum absolute atomic E-state index is 10.2. The summed E-state index contributed by atoms with van der Waals surface area (Å²) in [5, 5.41) is 13.8. The van der Waals surface area contributed by atoms with Crippen LogP contribution in [0, 0.1) is 0 Å². The minimum atomic E-state index is -0.999. The Morgan fingerprint density at radius 3 is 3.00 bits per heavy atom. The van der Waals surface area contributed by atoms with Gasteiger partial charge >= 0.3 is 6.09 Å². The largest absolute Gasteiger partial charge is 0.465 e. The first-order valence-corrected chi connectivity index (χ1v) is 3.47. The number of hydrogen-bond acceptors (Lipinski definition) is 3. The molecule has 0 spiro atoms. The lowest BCUT2D eigenvalue weighted by Crippen LogP contribution is -2.42. The highest BCUT2D eigenvalue weighted by Crippen LogP contribution is 2.02. The van der Waals surface area contributed by atoms with Gasteiger partial charge in [-0.2, -0.15) is 0 Å². The van der Waals surface area contributed by atoms with Gasteiger partial charge in [-0.15, -0.1) is 0 Å². The maximum atomic E-state index is 10.2. The maximum Gasteiger partial charge on any atom is 0.405 e. The second-order valence-electron chi connectivity index (χ2n) is 2.49. The number of methoxy groups -OCH3 is 1. The Bertz CT molecular complexity index is 151. The van der Waals surface area contributed by atoms with Crippen molar-refractivity contribution in [3.05, 3.63) is 0 Å². The van der Waals surface area contributed by atoms with Crippen LogP contribution in [0.5, 0.6) is 0 Å². The van der Waals surface area contributed by atoms with E-state index in [0.717, 1.165) is 0 Å². The fourth-order valence-electron chi connectivity index (χ4n) is 1.20. The molecule has 1 amide bonds. The average molecular weight is 160 g/mol. The Balaban J connectivity index is 2.37. The molecule has 64 valence electrons. The highest BCUT2D eigenvalue weighted by Gasteiger charge is 2.27. The molecule has 0 aliphatic carbocycles. The second kappa shape index (κ2) is 3.54. The van der Waals surface area contributed by atoms with Crippen molar-refractivity contribution in [2.24, 2.45) is 0 Å². The van der Waals surface area contributed by atoms with E-state index in [0.29, 0.717) is 13.1 Å². The summed E-state index contributed by atoms with van der Waals surface area (Å²) in [6.45, 7) is 1.35. The Morgan fingerprint density at radius 1 is 1.73 bits per heavy atom. The molecule has 1 rings (SSSR count). The molecule has 5 heteroatoms. The number of carbonyl (C=O) groups is 1. The van der Waals surface area contributed by atoms with Gasteiger partial charge in [0, 0.05) is 20.2 Å². The van der Waals surface area contributed by atoms with E-state index >= 15 is 0 Å². The molecule has 0 saturated carbocycles. The molecular formula is C6H12N2O3. The predicted molar refractivity (Wildman–Crippen MR) is 38.6 cm³/mol. The lowest BCUT2D eigenvalue weighted by molar-refractivity contribution is 0.0942. The smallest absolute Gasteiger partial charge is 0.405 e. The Kier molecular flexibility index (Phi) is 2.67. The lowest BCUT2D eigenvalue weighted by atomic mass is 10.2. The Hall–Kier alpha value is -0.810. The fraction of sp³-hybridized carbons (Fsp3) is 0.833. The van der Waals surface area contributed by atoms with Crippen molar-refractivity contribution in [1.82, 2.24) is 10.6 Å². The van der Waals surface area contributed by atoms with Gasteiger partial charge in [0.25, 0.3) is 0 Å². The summed E-state index contributed by atoms with van der Waals surface area (Å²) in [4.78, 5) is 10.2. The zero-order valence-corrected chi connectivity index (χ0v) is 6.33. The van der Waals surface area contributed by atoms with Gasteiger partial charge in [0.05, 0.1) is 12.1 Å². The summed E-state index contributed by atoms with van der Waals surface area (Å²) in [6.07, 6.45) is -1.04. The SMILES string of the molecule is CO[C@@H]1CNC[C@H]1NC(=O)O. The minimum Gasteiger partial charge on any atom is -0.465 e. The van der Waals surface area contributed by atoms with Crippen LogP contribution in [-0.2, 0) is 4.74 Å². The van der Waals surface area contributed by atoms with Crippen molar-refractivity contribution in [1.29, 1.82) is 0 Å². The van der Waals surface area contributed by atoms with Gasteiger partial charge in [-0.25, -0.2) is 4.79 Å². The van der Waals surface area contributed by atoms with Crippen molar-refractivity contribution >= 4 is 6.09 Å². The Morgan fingerprint density at radius 2 is 2.45 bits per heavy atom. The predicted octanol–water partition coefficient (Wildman–Crippen LogP) is -0.759. The number of carboxylic acid groups (broad SMARTS) is 1. The first-order valence-electron chi connectivity index (χ1n) is 3.47. The summed E-state index contributed by atoms with van der Waals surface area (Å²) in [6, 6.07) is -0.113. The van der Waals surface area contributed by atoms with Crippen LogP contribution in [0.2, 0.25) is 0 Å². The molecule has 1 fully saturated rings. The molecule has 0 bridgehead atoms. The molecule has 2 atom stereocenters. The summed E-state index contributed by atoms with van der Waals surface area (Å²) >= 11 is 0. The van der Waals surface area contributed by atoms with Crippen LogP contribution in [0.3, 0.4) is 0 Å². The molecule has 3 N–H and O–H groups in total. The number of hydrogen-bond donors (Lipinski definition) is 3. The van der Waals surface area contributed by atoms with Crippen LogP contribution < -0.4 is 10.6 Å². The van der Waals surface area contributed by atoms with Crippen molar-refractivity contribution in [2.45, 2.75) is 12.1 Å². The average Bonchev–Trinajstić information content (AvgIpc) is 2.34. The zero-order chi connectivity index (χ0) is 8.27. The zero-order valence-electron chi connectivity index (χ0n) is 6.33. The third-order valence-electron chi connectivity index (χ3n) is 1.77. The first-order chi connectivity index (χ1) is 5.24. The molecule has 5 nitrogen and oxygen atoms in total. The summed E-state index contributed by atoms with van der Waals surface area (Å²) in [5.41, 5.74) is 0. The molecule has 11 heavy (non-hydrogen) atoms. The second-order valence-corrected chi connectivity index (χ2v) is 2.49. The summed E-state index contributed by atoms with van der Waals surface area (Å²) in [5.74, 6) is 0. The molecule has 1 saturated heterocycles. The highest BCUT2D eigenvalue weighted by molar-refractivity contribution is 5.65. The van der Waals surface area contributed by atoms with E-state index < -0.39 is 6.09 Å². The van der Waals surface area contributed by atoms with E-state index in [1.165, 1.54) is 0 Å². The van der Waals surface area contributed by atoms with Crippen LogP contribution in [0.4, 0.5) is 4.79 Å². The lowest BCUT2D eigenvalue weighted by Gasteiger charge is -2.15. The molecule has 1 heterocycles. The molecule has 0 unspecified atom stereocenters. The van der Waals surface area contributed by atoms with Crippen molar-refractivity contribution < 1.29 is 14.6 Å². The third-order valence-corrected chi connectivity index (χ3v) is 1.77. The van der Waals surface area contributed by atoms with Crippen molar-refractivity contribution in [3.8, 4) is 0 Å². The van der Waals surface area contributed by atoms with Gasteiger partial charge < -0.3 is 20.5 Å². The van der Waals surface area contributed by atoms with Gasteiger partial charge in [-0.05, 0) is 0 Å². The van der Waals surface area contributed by atoms with Crippen molar-refractivity contribution in [2.75, 3.05) is 20.2 Å². The molecule has 0 aromatic rings. The third kappa shape index (κ3) is 2.06. The van der Waals surface area contributed by atoms with E-state index in [1.807, 2.05) is 0 Å². The van der Waals surface area contributed by atoms with Crippen LogP contribution in [-0.4, -0.2) is 43.5 Å². The van der Waals surface area contributed by atoms with Crippen LogP contribution in [0.1, 0.15) is 0 Å². The molecular weight excluding hydrogens is 148 g/mol. The fourth-order valence-corrected chi connectivity index (χ4v) is 1.20. The van der Waals surface area contributed by atoms with Gasteiger partial charge in [-0.3, -0.25) is 0 Å². The van der Waals surface area contributed by atoms with Gasteiger partial charge in [0.15, 0.2) is 0 Å². The number of nitrogens with one attached hydrogen (secondary N) is 2. The summed E-state index contributed by atoms with van der Waals surface area (Å²) in [7, 11) is 1.58. The van der Waals surface area contributed by atoms with E-state index in [1.54, 1.807) is 7.11 Å². The highest BCUT2D eigenvalue weighted by atomic mass is 16.5. The van der Waals surface area contributed by atoms with Crippen LogP contribution in [0.25, 0.3) is 0 Å². The first kappa shape index (κ1) is 8.29. The molecule has 1 aliphatic heterocycles. The van der Waals surface area contributed by atoms with E-state index in [-0.39, 0.29) is 12.1 Å². The number of rotatable bonds is 2. The topological polar surface area (TPSA) is 70.6 Å². The standard InChI is InChI=1S/C6H12N2O3/c1-11-5-3-7-2-4(5)8-6(9)10/h4-5,7-8H,2-3H2,1H3,(H,9,10)/t4-,5-/m1/s1.